The fourth-order valence-electron chi connectivity index (χ4n) is 2.86. The fraction of sp³-hybridized carbons (Fsp3) is 0.867. The quantitative estimate of drug-likeness (QED) is 0.824. The van der Waals surface area contributed by atoms with Crippen molar-refractivity contribution in [3.8, 4) is 0 Å². The molecule has 0 aliphatic heterocycles. The molecule has 2 N–H and O–H groups in total. The highest BCUT2D eigenvalue weighted by molar-refractivity contribution is 5.83. The minimum atomic E-state index is -0.982. The maximum Gasteiger partial charge on any atom is 0.325 e. The van der Waals surface area contributed by atoms with Crippen molar-refractivity contribution >= 4 is 11.9 Å². The van der Waals surface area contributed by atoms with Crippen LogP contribution >= 0.6 is 0 Å². The summed E-state index contributed by atoms with van der Waals surface area (Å²) >= 11 is 0. The van der Waals surface area contributed by atoms with Gasteiger partial charge in [-0.2, -0.15) is 0 Å². The van der Waals surface area contributed by atoms with Crippen LogP contribution in [0.15, 0.2) is 0 Å². The first-order chi connectivity index (χ1) is 8.70. The lowest BCUT2D eigenvalue weighted by Gasteiger charge is -2.36. The van der Waals surface area contributed by atoms with Gasteiger partial charge >= 0.3 is 5.97 Å². The van der Waals surface area contributed by atoms with Gasteiger partial charge in [-0.1, -0.05) is 20.8 Å². The predicted octanol–water partition coefficient (Wildman–Crippen LogP) is 2.82. The number of nitrogens with one attached hydrogen (secondary N) is 1. The zero-order valence-electron chi connectivity index (χ0n) is 12.5. The number of amides is 1. The van der Waals surface area contributed by atoms with Crippen LogP contribution in [0.1, 0.15) is 59.8 Å². The maximum absolute atomic E-state index is 11.7. The molecule has 0 heterocycles. The van der Waals surface area contributed by atoms with E-state index >= 15 is 0 Å². The Labute approximate surface area is 116 Å². The van der Waals surface area contributed by atoms with Crippen LogP contribution in [0.3, 0.4) is 0 Å². The number of hydrogen-bond donors (Lipinski definition) is 2. The Balaban J connectivity index is 2.33. The molecule has 1 aliphatic rings. The highest BCUT2D eigenvalue weighted by Gasteiger charge is 2.30. The molecule has 1 rings (SSSR count). The van der Waals surface area contributed by atoms with E-state index in [-0.39, 0.29) is 5.91 Å². The summed E-state index contributed by atoms with van der Waals surface area (Å²) in [6.07, 6.45) is 4.98. The van der Waals surface area contributed by atoms with Crippen molar-refractivity contribution in [2.24, 2.45) is 17.3 Å². The molecular formula is C15H27NO3. The first-order valence-electron chi connectivity index (χ1n) is 7.22. The molecule has 0 spiro atoms. The number of hydrogen-bond acceptors (Lipinski definition) is 2. The summed E-state index contributed by atoms with van der Waals surface area (Å²) in [5.41, 5.74) is 0.352. The Bertz CT molecular complexity index is 325. The van der Waals surface area contributed by atoms with Crippen LogP contribution in [0.2, 0.25) is 0 Å². The summed E-state index contributed by atoms with van der Waals surface area (Å²) in [6, 6.07) is -0.793. The molecule has 0 aromatic rings. The Hall–Kier alpha value is -1.06. The van der Waals surface area contributed by atoms with E-state index in [1.165, 1.54) is 19.8 Å². The van der Waals surface area contributed by atoms with E-state index in [0.717, 1.165) is 18.8 Å². The second kappa shape index (κ2) is 6.40. The SMILES string of the molecule is CC(NC(=O)CC1CCC(C(C)(C)C)CC1)C(=O)O. The minimum absolute atomic E-state index is 0.130. The van der Waals surface area contributed by atoms with E-state index < -0.39 is 12.0 Å². The molecule has 1 unspecified atom stereocenters. The van der Waals surface area contributed by atoms with E-state index in [2.05, 4.69) is 26.1 Å². The average Bonchev–Trinajstić information content (AvgIpc) is 2.28. The first-order valence-corrected chi connectivity index (χ1v) is 7.22. The van der Waals surface area contributed by atoms with Gasteiger partial charge in [0.1, 0.15) is 6.04 Å². The topological polar surface area (TPSA) is 66.4 Å². The van der Waals surface area contributed by atoms with Crippen molar-refractivity contribution in [2.45, 2.75) is 65.8 Å². The molecule has 4 nitrogen and oxygen atoms in total. The highest BCUT2D eigenvalue weighted by atomic mass is 16.4. The van der Waals surface area contributed by atoms with Crippen molar-refractivity contribution < 1.29 is 14.7 Å². The van der Waals surface area contributed by atoms with Crippen molar-refractivity contribution in [1.82, 2.24) is 5.32 Å². The standard InChI is InChI=1S/C15H27NO3/c1-10(14(18)19)16-13(17)9-11-5-7-12(8-6-11)15(2,3)4/h10-12H,5-9H2,1-4H3,(H,16,17)(H,18,19). The molecule has 1 saturated carbocycles. The van der Waals surface area contributed by atoms with Crippen molar-refractivity contribution in [2.75, 3.05) is 0 Å². The van der Waals surface area contributed by atoms with Crippen LogP contribution < -0.4 is 5.32 Å². The monoisotopic (exact) mass is 269 g/mol. The molecule has 110 valence electrons. The van der Waals surface area contributed by atoms with Crippen LogP contribution in [-0.2, 0) is 9.59 Å². The summed E-state index contributed by atoms with van der Waals surface area (Å²) in [7, 11) is 0. The number of carbonyl (C=O) groups excluding carboxylic acids is 1. The Morgan fingerprint density at radius 1 is 1.21 bits per heavy atom. The van der Waals surface area contributed by atoms with Gasteiger partial charge in [0.25, 0.3) is 0 Å². The summed E-state index contributed by atoms with van der Waals surface area (Å²) < 4.78 is 0. The molecule has 0 aromatic carbocycles. The molecule has 0 radical (unpaired) electrons. The van der Waals surface area contributed by atoms with Crippen LogP contribution in [-0.4, -0.2) is 23.0 Å². The Morgan fingerprint density at radius 3 is 2.16 bits per heavy atom. The minimum Gasteiger partial charge on any atom is -0.480 e. The lowest BCUT2D eigenvalue weighted by Crippen LogP contribution is -2.39. The van der Waals surface area contributed by atoms with Gasteiger partial charge in [0.15, 0.2) is 0 Å². The van der Waals surface area contributed by atoms with Crippen molar-refractivity contribution in [3.63, 3.8) is 0 Å². The van der Waals surface area contributed by atoms with Crippen LogP contribution in [0.25, 0.3) is 0 Å². The van der Waals surface area contributed by atoms with E-state index in [9.17, 15) is 9.59 Å². The summed E-state index contributed by atoms with van der Waals surface area (Å²) in [5.74, 6) is 0.0447. The summed E-state index contributed by atoms with van der Waals surface area (Å²) in [5, 5.41) is 11.3. The van der Waals surface area contributed by atoms with Gasteiger partial charge in [-0.25, -0.2) is 0 Å². The van der Waals surface area contributed by atoms with E-state index in [1.807, 2.05) is 0 Å². The van der Waals surface area contributed by atoms with E-state index in [0.29, 0.717) is 17.8 Å². The zero-order chi connectivity index (χ0) is 14.6. The predicted molar refractivity (Wildman–Crippen MR) is 74.8 cm³/mol. The van der Waals surface area contributed by atoms with Gasteiger partial charge in [0.05, 0.1) is 0 Å². The number of carboxylic acids is 1. The molecule has 4 heteroatoms. The van der Waals surface area contributed by atoms with Crippen LogP contribution in [0.5, 0.6) is 0 Å². The Morgan fingerprint density at radius 2 is 1.74 bits per heavy atom. The van der Waals surface area contributed by atoms with Crippen LogP contribution in [0.4, 0.5) is 0 Å². The number of aliphatic carboxylic acids is 1. The molecule has 0 bridgehead atoms. The van der Waals surface area contributed by atoms with Gasteiger partial charge in [-0.15, -0.1) is 0 Å². The number of carbonyl (C=O) groups is 2. The molecule has 19 heavy (non-hydrogen) atoms. The lowest BCUT2D eigenvalue weighted by atomic mass is 9.69. The molecule has 1 atom stereocenters. The third-order valence-corrected chi connectivity index (χ3v) is 4.29. The normalized spacial score (nSPS) is 25.7. The third kappa shape index (κ3) is 5.21. The second-order valence-electron chi connectivity index (χ2n) is 6.92. The van der Waals surface area contributed by atoms with Gasteiger partial charge < -0.3 is 10.4 Å². The van der Waals surface area contributed by atoms with Crippen LogP contribution in [0, 0.1) is 17.3 Å². The fourth-order valence-corrected chi connectivity index (χ4v) is 2.86. The van der Waals surface area contributed by atoms with E-state index in [4.69, 9.17) is 5.11 Å². The van der Waals surface area contributed by atoms with Gasteiger partial charge in [-0.05, 0) is 49.9 Å². The second-order valence-corrected chi connectivity index (χ2v) is 6.92. The summed E-state index contributed by atoms with van der Waals surface area (Å²) in [4.78, 5) is 22.4. The smallest absolute Gasteiger partial charge is 0.325 e. The van der Waals surface area contributed by atoms with Gasteiger partial charge in [0, 0.05) is 6.42 Å². The van der Waals surface area contributed by atoms with Gasteiger partial charge in [0.2, 0.25) is 5.91 Å². The molecule has 1 amide bonds. The largest absolute Gasteiger partial charge is 0.480 e. The molecule has 1 fully saturated rings. The first kappa shape index (κ1) is 16.0. The van der Waals surface area contributed by atoms with Crippen molar-refractivity contribution in [3.05, 3.63) is 0 Å². The Kier molecular flexibility index (Phi) is 5.39. The maximum atomic E-state index is 11.7. The number of rotatable bonds is 4. The van der Waals surface area contributed by atoms with E-state index in [1.54, 1.807) is 0 Å². The van der Waals surface area contributed by atoms with Gasteiger partial charge in [-0.3, -0.25) is 9.59 Å². The molecule has 0 aromatic heterocycles. The van der Waals surface area contributed by atoms with Crippen molar-refractivity contribution in [1.29, 1.82) is 0 Å². The zero-order valence-corrected chi connectivity index (χ0v) is 12.5. The highest BCUT2D eigenvalue weighted by Crippen LogP contribution is 2.40. The summed E-state index contributed by atoms with van der Waals surface area (Å²) in [6.45, 7) is 8.33. The molecule has 0 saturated heterocycles. The lowest BCUT2D eigenvalue weighted by molar-refractivity contribution is -0.141. The molecule has 1 aliphatic carbocycles. The number of carboxylic acid groups (broad SMARTS) is 1. The average molecular weight is 269 g/mol. The molecular weight excluding hydrogens is 242 g/mol. The third-order valence-electron chi connectivity index (χ3n) is 4.29.